The predicted molar refractivity (Wildman–Crippen MR) is 164 cm³/mol. The maximum Gasteiger partial charge on any atom is 0.259 e. The average Bonchev–Trinajstić information content (AvgIpc) is 3.41. The molecule has 15 heteroatoms. The first-order valence-electron chi connectivity index (χ1n) is 15.0. The molecule has 0 saturated carbocycles. The molecule has 0 bridgehead atoms. The van der Waals surface area contributed by atoms with E-state index in [0.717, 1.165) is 0 Å². The SMILES string of the molecule is CC(C)C(=O)CCSC(CC(=O)NCCOC1CC(=O)N(C(C)C)C1=O)C(=O)NCCOC1CC(=O)N(C(C)C)C1=O.CN. The third kappa shape index (κ3) is 11.9. The first-order chi connectivity index (χ1) is 20.7. The summed E-state index contributed by atoms with van der Waals surface area (Å²) in [4.78, 5) is 88.6. The second-order valence-corrected chi connectivity index (χ2v) is 12.4. The zero-order chi connectivity index (χ0) is 33.6. The minimum absolute atomic E-state index is 0.00471. The molecule has 250 valence electrons. The lowest BCUT2D eigenvalue weighted by molar-refractivity contribution is -0.145. The molecule has 2 rings (SSSR count). The molecule has 14 nitrogen and oxygen atoms in total. The predicted octanol–water partition coefficient (Wildman–Crippen LogP) is 0.00580. The first kappa shape index (κ1) is 39.1. The number of nitrogens with zero attached hydrogens (tertiary/aromatic N) is 2. The van der Waals surface area contributed by atoms with Gasteiger partial charge in [0.1, 0.15) is 18.0 Å². The van der Waals surface area contributed by atoms with Crippen molar-refractivity contribution in [2.24, 2.45) is 11.7 Å². The number of ether oxygens (including phenoxy) is 2. The normalized spacial score (nSPS) is 19.2. The van der Waals surface area contributed by atoms with Gasteiger partial charge in [0.05, 0.1) is 31.3 Å². The lowest BCUT2D eigenvalue weighted by Gasteiger charge is -2.19. The third-order valence-electron chi connectivity index (χ3n) is 6.75. The van der Waals surface area contributed by atoms with E-state index in [1.165, 1.54) is 28.6 Å². The summed E-state index contributed by atoms with van der Waals surface area (Å²) in [5.74, 6) is -1.94. The maximum absolute atomic E-state index is 12.9. The molecule has 44 heavy (non-hydrogen) atoms. The van der Waals surface area contributed by atoms with E-state index in [0.29, 0.717) is 5.75 Å². The van der Waals surface area contributed by atoms with Gasteiger partial charge in [-0.25, -0.2) is 0 Å². The van der Waals surface area contributed by atoms with Crippen LogP contribution in [0.4, 0.5) is 0 Å². The highest BCUT2D eigenvalue weighted by Gasteiger charge is 2.41. The fourth-order valence-corrected chi connectivity index (χ4v) is 5.64. The van der Waals surface area contributed by atoms with Crippen LogP contribution in [0.3, 0.4) is 0 Å². The smallest absolute Gasteiger partial charge is 0.259 e. The van der Waals surface area contributed by atoms with Crippen LogP contribution < -0.4 is 16.4 Å². The summed E-state index contributed by atoms with van der Waals surface area (Å²) in [5, 5.41) is 4.58. The molecule has 2 heterocycles. The number of rotatable bonds is 18. The van der Waals surface area contributed by atoms with E-state index < -0.39 is 41.1 Å². The Kier molecular flexibility index (Phi) is 17.3. The number of carbonyl (C=O) groups excluding carboxylic acids is 7. The van der Waals surface area contributed by atoms with Crippen LogP contribution in [0.1, 0.15) is 67.2 Å². The van der Waals surface area contributed by atoms with Crippen molar-refractivity contribution in [3.63, 3.8) is 0 Å². The number of Topliss-reactive ketones (excluding diaryl/α,β-unsaturated/α-hetero) is 1. The van der Waals surface area contributed by atoms with Crippen LogP contribution in [0.15, 0.2) is 0 Å². The zero-order valence-corrected chi connectivity index (χ0v) is 27.7. The number of hydrogen-bond acceptors (Lipinski definition) is 11. The van der Waals surface area contributed by atoms with E-state index in [1.807, 2.05) is 0 Å². The monoisotopic (exact) mass is 643 g/mol. The maximum atomic E-state index is 12.9. The molecule has 0 radical (unpaired) electrons. The summed E-state index contributed by atoms with van der Waals surface area (Å²) < 4.78 is 11.1. The van der Waals surface area contributed by atoms with Crippen LogP contribution in [-0.2, 0) is 43.0 Å². The summed E-state index contributed by atoms with van der Waals surface area (Å²) >= 11 is 1.20. The molecule has 0 aromatic carbocycles. The molecule has 0 spiro atoms. The van der Waals surface area contributed by atoms with Crippen molar-refractivity contribution in [2.45, 2.75) is 96.8 Å². The molecule has 0 aliphatic carbocycles. The third-order valence-corrected chi connectivity index (χ3v) is 7.98. The quantitative estimate of drug-likeness (QED) is 0.134. The second kappa shape index (κ2) is 19.5. The molecule has 3 unspecified atom stereocenters. The fourth-order valence-electron chi connectivity index (χ4n) is 4.53. The summed E-state index contributed by atoms with van der Waals surface area (Å²) in [5.41, 5.74) is 4.50. The molecule has 2 fully saturated rings. The number of imide groups is 2. The summed E-state index contributed by atoms with van der Waals surface area (Å²) in [7, 11) is 1.50. The Labute approximate surface area is 263 Å². The molecule has 3 atom stereocenters. The Morgan fingerprint density at radius 3 is 1.68 bits per heavy atom. The number of nitrogens with two attached hydrogens (primary N) is 1. The van der Waals surface area contributed by atoms with Crippen LogP contribution in [0.25, 0.3) is 0 Å². The Balaban J connectivity index is 0.00000474. The molecular weight excluding hydrogens is 594 g/mol. The molecule has 2 aliphatic rings. The number of carbonyl (C=O) groups is 7. The van der Waals surface area contributed by atoms with E-state index in [-0.39, 0.29) is 87.6 Å². The Morgan fingerprint density at radius 1 is 0.818 bits per heavy atom. The highest BCUT2D eigenvalue weighted by molar-refractivity contribution is 8.00. The molecule has 0 aromatic heterocycles. The van der Waals surface area contributed by atoms with E-state index in [4.69, 9.17) is 9.47 Å². The molecule has 2 saturated heterocycles. The molecule has 0 aromatic rings. The van der Waals surface area contributed by atoms with Gasteiger partial charge in [0, 0.05) is 49.7 Å². The minimum Gasteiger partial charge on any atom is -0.366 e. The number of amides is 6. The van der Waals surface area contributed by atoms with Crippen LogP contribution in [-0.4, -0.2) is 120 Å². The van der Waals surface area contributed by atoms with Gasteiger partial charge in [0.25, 0.3) is 11.8 Å². The van der Waals surface area contributed by atoms with E-state index in [2.05, 4.69) is 16.4 Å². The Morgan fingerprint density at radius 2 is 1.27 bits per heavy atom. The number of likely N-dealkylation sites (tertiary alicyclic amines) is 2. The topological polar surface area (TPSA) is 195 Å². The van der Waals surface area contributed by atoms with Gasteiger partial charge in [-0.1, -0.05) is 13.8 Å². The van der Waals surface area contributed by atoms with Crippen LogP contribution in [0.5, 0.6) is 0 Å². The van der Waals surface area contributed by atoms with Crippen LogP contribution in [0.2, 0.25) is 0 Å². The fraction of sp³-hybridized carbons (Fsp3) is 0.759. The van der Waals surface area contributed by atoms with Crippen molar-refractivity contribution in [1.29, 1.82) is 0 Å². The van der Waals surface area contributed by atoms with Crippen LogP contribution >= 0.6 is 11.8 Å². The van der Waals surface area contributed by atoms with Crippen LogP contribution in [0, 0.1) is 5.92 Å². The highest BCUT2D eigenvalue weighted by atomic mass is 32.2. The molecule has 4 N–H and O–H groups in total. The number of ketones is 1. The number of nitrogens with one attached hydrogen (secondary N) is 2. The highest BCUT2D eigenvalue weighted by Crippen LogP contribution is 2.20. The van der Waals surface area contributed by atoms with Gasteiger partial charge in [0.2, 0.25) is 23.6 Å². The summed E-state index contributed by atoms with van der Waals surface area (Å²) in [6.45, 7) is 10.7. The van der Waals surface area contributed by atoms with Gasteiger partial charge in [0.15, 0.2) is 0 Å². The lowest BCUT2D eigenvalue weighted by Crippen LogP contribution is -2.40. The van der Waals surface area contributed by atoms with Crippen molar-refractivity contribution in [1.82, 2.24) is 20.4 Å². The van der Waals surface area contributed by atoms with E-state index in [1.54, 1.807) is 41.5 Å². The van der Waals surface area contributed by atoms with Crippen molar-refractivity contribution in [3.05, 3.63) is 0 Å². The van der Waals surface area contributed by atoms with Gasteiger partial charge < -0.3 is 25.8 Å². The van der Waals surface area contributed by atoms with Crippen molar-refractivity contribution >= 4 is 53.0 Å². The largest absolute Gasteiger partial charge is 0.366 e. The van der Waals surface area contributed by atoms with Gasteiger partial charge in [-0.05, 0) is 34.7 Å². The molecule has 6 amide bonds. The minimum atomic E-state index is -0.886. The van der Waals surface area contributed by atoms with Gasteiger partial charge in [-0.2, -0.15) is 0 Å². The van der Waals surface area contributed by atoms with Gasteiger partial charge >= 0.3 is 0 Å². The van der Waals surface area contributed by atoms with Crippen molar-refractivity contribution < 1.29 is 43.0 Å². The van der Waals surface area contributed by atoms with E-state index >= 15 is 0 Å². The zero-order valence-electron chi connectivity index (χ0n) is 26.9. The van der Waals surface area contributed by atoms with E-state index in [9.17, 15) is 33.6 Å². The molecular formula is C29H49N5O9S. The number of hydrogen-bond donors (Lipinski definition) is 3. The summed E-state index contributed by atoms with van der Waals surface area (Å²) in [6.07, 6.45) is -1.74. The standard InChI is InChI=1S/C28H44N4O9S.CH5N/c1-16(2)19(33)7-12-42-22(26(37)30-9-11-41-21-14-25(36)32(18(5)6)28(21)39)15-23(34)29-8-10-40-20-13-24(35)31(17(3)4)27(20)38;1-2/h16-18,20-22H,7-15H2,1-6H3,(H,29,34)(H,30,37);2H2,1H3. The van der Waals surface area contributed by atoms with Gasteiger partial charge in [-0.3, -0.25) is 43.4 Å². The summed E-state index contributed by atoms with van der Waals surface area (Å²) in [6, 6.07) is -0.521. The average molecular weight is 644 g/mol. The van der Waals surface area contributed by atoms with Crippen molar-refractivity contribution in [2.75, 3.05) is 39.1 Å². The number of thioether (sulfide) groups is 1. The Hall–Kier alpha value is -2.88. The van der Waals surface area contributed by atoms with Crippen molar-refractivity contribution in [3.8, 4) is 0 Å². The second-order valence-electron chi connectivity index (χ2n) is 11.1. The van der Waals surface area contributed by atoms with Gasteiger partial charge in [-0.15, -0.1) is 11.8 Å². The first-order valence-corrected chi connectivity index (χ1v) is 16.0. The molecule has 2 aliphatic heterocycles. The lowest BCUT2D eigenvalue weighted by atomic mass is 10.1. The Bertz CT molecular complexity index is 1040.